The lowest BCUT2D eigenvalue weighted by Crippen LogP contribution is -2.15. The summed E-state index contributed by atoms with van der Waals surface area (Å²) in [5.41, 5.74) is 0.382. The van der Waals surface area contributed by atoms with Crippen LogP contribution in [-0.2, 0) is 17.9 Å². The summed E-state index contributed by atoms with van der Waals surface area (Å²) in [5.74, 6) is 0.910. The number of hydrogen-bond acceptors (Lipinski definition) is 5. The predicted octanol–water partition coefficient (Wildman–Crippen LogP) is 6.87. The van der Waals surface area contributed by atoms with Crippen molar-refractivity contribution < 1.29 is 9.53 Å². The van der Waals surface area contributed by atoms with Crippen LogP contribution in [0, 0.1) is 0 Å². The van der Waals surface area contributed by atoms with E-state index in [1.54, 1.807) is 18.2 Å². The number of rotatable bonds is 8. The Morgan fingerprint density at radius 3 is 2.48 bits per heavy atom. The molecule has 0 radical (unpaired) electrons. The van der Waals surface area contributed by atoms with Crippen LogP contribution < -0.4 is 10.1 Å². The number of ether oxygens (including phenoxy) is 1. The van der Waals surface area contributed by atoms with Gasteiger partial charge in [-0.25, -0.2) is 0 Å². The highest BCUT2D eigenvalue weighted by Gasteiger charge is 2.15. The van der Waals surface area contributed by atoms with Crippen molar-refractivity contribution in [3.05, 3.63) is 61.3 Å². The minimum absolute atomic E-state index is 0.0958. The zero-order chi connectivity index (χ0) is 22.5. The molecule has 0 unspecified atom stereocenters. The molecule has 2 aromatic carbocycles. The van der Waals surface area contributed by atoms with E-state index >= 15 is 0 Å². The van der Waals surface area contributed by atoms with Gasteiger partial charge in [-0.3, -0.25) is 4.79 Å². The third-order valence-electron chi connectivity index (χ3n) is 3.98. The molecule has 0 aliphatic rings. The number of thioether (sulfide) groups is 1. The predicted molar refractivity (Wildman–Crippen MR) is 127 cm³/mol. The van der Waals surface area contributed by atoms with Gasteiger partial charge in [-0.15, -0.1) is 10.2 Å². The van der Waals surface area contributed by atoms with Gasteiger partial charge < -0.3 is 14.6 Å². The van der Waals surface area contributed by atoms with E-state index in [1.165, 1.54) is 23.9 Å². The maximum absolute atomic E-state index is 12.3. The van der Waals surface area contributed by atoms with Crippen molar-refractivity contribution in [1.29, 1.82) is 0 Å². The number of nitrogens with one attached hydrogen (secondary N) is 1. The maximum atomic E-state index is 12.3. The molecule has 164 valence electrons. The maximum Gasteiger partial charge on any atom is 0.234 e. The minimum atomic E-state index is -0.276. The van der Waals surface area contributed by atoms with Crippen LogP contribution in [0.1, 0.15) is 12.7 Å². The average Bonchev–Trinajstić information content (AvgIpc) is 3.11. The van der Waals surface area contributed by atoms with Crippen LogP contribution in [0.25, 0.3) is 0 Å². The van der Waals surface area contributed by atoms with Crippen molar-refractivity contribution in [3.63, 3.8) is 0 Å². The van der Waals surface area contributed by atoms with Crippen molar-refractivity contribution in [2.45, 2.75) is 25.2 Å². The third-order valence-corrected chi connectivity index (χ3v) is 6.51. The Morgan fingerprint density at radius 2 is 1.77 bits per heavy atom. The number of hydrogen-bond donors (Lipinski definition) is 1. The van der Waals surface area contributed by atoms with Crippen LogP contribution in [0.2, 0.25) is 25.1 Å². The van der Waals surface area contributed by atoms with Crippen molar-refractivity contribution in [2.75, 3.05) is 11.1 Å². The molecule has 0 aliphatic carbocycles. The molecular weight excluding hydrogens is 526 g/mol. The molecule has 1 N–H and O–H groups in total. The number of benzene rings is 2. The normalized spacial score (nSPS) is 10.9. The quantitative estimate of drug-likeness (QED) is 0.249. The fourth-order valence-electron chi connectivity index (χ4n) is 2.52. The van der Waals surface area contributed by atoms with Crippen LogP contribution in [0.5, 0.6) is 5.75 Å². The van der Waals surface area contributed by atoms with E-state index in [9.17, 15) is 4.79 Å². The molecule has 12 heteroatoms. The van der Waals surface area contributed by atoms with Gasteiger partial charge in [0, 0.05) is 11.6 Å². The lowest BCUT2D eigenvalue weighted by molar-refractivity contribution is -0.113. The SMILES string of the molecule is CCn1c(COc2ccc(Cl)cc2Cl)nnc1SCC(=O)Nc1cc(Cl)c(Cl)cc1Cl. The Hall–Kier alpha value is -1.35. The zero-order valence-electron chi connectivity index (χ0n) is 16.0. The van der Waals surface area contributed by atoms with Crippen LogP contribution in [0.3, 0.4) is 0 Å². The highest BCUT2D eigenvalue weighted by Crippen LogP contribution is 2.32. The zero-order valence-corrected chi connectivity index (χ0v) is 20.6. The topological polar surface area (TPSA) is 69.0 Å². The van der Waals surface area contributed by atoms with Gasteiger partial charge in [-0.1, -0.05) is 69.8 Å². The van der Waals surface area contributed by atoms with E-state index in [4.69, 9.17) is 62.7 Å². The number of nitrogens with zero attached hydrogens (tertiary/aromatic N) is 3. The Balaban J connectivity index is 1.61. The number of halogens is 5. The first-order valence-electron chi connectivity index (χ1n) is 8.85. The molecule has 0 bridgehead atoms. The molecule has 0 spiro atoms. The number of amides is 1. The van der Waals surface area contributed by atoms with Crippen LogP contribution >= 0.6 is 69.8 Å². The monoisotopic (exact) mass is 538 g/mol. The molecule has 0 fully saturated rings. The van der Waals surface area contributed by atoms with E-state index in [-0.39, 0.29) is 18.3 Å². The third kappa shape index (κ3) is 6.34. The summed E-state index contributed by atoms with van der Waals surface area (Å²) < 4.78 is 7.59. The van der Waals surface area contributed by atoms with Crippen molar-refractivity contribution >= 4 is 81.4 Å². The van der Waals surface area contributed by atoms with E-state index < -0.39 is 0 Å². The Morgan fingerprint density at radius 1 is 1.03 bits per heavy atom. The number of anilines is 1. The molecule has 3 rings (SSSR count). The fraction of sp³-hybridized carbons (Fsp3) is 0.211. The first kappa shape index (κ1) is 24.3. The number of carbonyl (C=O) groups excluding carboxylic acids is 1. The Bertz CT molecular complexity index is 1110. The van der Waals surface area contributed by atoms with Gasteiger partial charge in [0.25, 0.3) is 0 Å². The first-order valence-corrected chi connectivity index (χ1v) is 11.7. The summed E-state index contributed by atoms with van der Waals surface area (Å²) in [6.07, 6.45) is 0. The van der Waals surface area contributed by atoms with Crippen LogP contribution in [-0.4, -0.2) is 26.4 Å². The van der Waals surface area contributed by atoms with E-state index in [0.717, 1.165) is 0 Å². The summed E-state index contributed by atoms with van der Waals surface area (Å²) in [4.78, 5) is 12.3. The highest BCUT2D eigenvalue weighted by atomic mass is 35.5. The second-order valence-corrected chi connectivity index (χ2v) is 9.10. The molecule has 3 aromatic rings. The molecule has 0 atom stereocenters. The van der Waals surface area contributed by atoms with Gasteiger partial charge in [-0.2, -0.15) is 0 Å². The van der Waals surface area contributed by atoms with Gasteiger partial charge in [0.15, 0.2) is 11.0 Å². The lowest BCUT2D eigenvalue weighted by Gasteiger charge is -2.10. The van der Waals surface area contributed by atoms with Crippen molar-refractivity contribution in [3.8, 4) is 5.75 Å². The highest BCUT2D eigenvalue weighted by molar-refractivity contribution is 7.99. The van der Waals surface area contributed by atoms with Gasteiger partial charge >= 0.3 is 0 Å². The second-order valence-electron chi connectivity index (χ2n) is 6.09. The van der Waals surface area contributed by atoms with E-state index in [1.807, 2.05) is 11.5 Å². The molecule has 1 amide bonds. The van der Waals surface area contributed by atoms with Crippen molar-refractivity contribution in [1.82, 2.24) is 14.8 Å². The summed E-state index contributed by atoms with van der Waals surface area (Å²) in [6.45, 7) is 2.71. The minimum Gasteiger partial charge on any atom is -0.484 e. The largest absolute Gasteiger partial charge is 0.484 e. The van der Waals surface area contributed by atoms with Crippen molar-refractivity contribution in [2.24, 2.45) is 0 Å². The summed E-state index contributed by atoms with van der Waals surface area (Å²) >= 11 is 31.2. The molecule has 1 aromatic heterocycles. The second kappa shape index (κ2) is 11.0. The summed E-state index contributed by atoms with van der Waals surface area (Å²) in [7, 11) is 0. The molecule has 6 nitrogen and oxygen atoms in total. The molecule has 31 heavy (non-hydrogen) atoms. The summed E-state index contributed by atoms with van der Waals surface area (Å²) in [6, 6.07) is 7.95. The fourth-order valence-corrected chi connectivity index (χ4v) is 4.40. The molecule has 0 saturated carbocycles. The van der Waals surface area contributed by atoms with Gasteiger partial charge in [0.1, 0.15) is 12.4 Å². The lowest BCUT2D eigenvalue weighted by atomic mass is 10.3. The van der Waals surface area contributed by atoms with Gasteiger partial charge in [0.2, 0.25) is 5.91 Å². The Labute approximate surface area is 208 Å². The van der Waals surface area contributed by atoms with Crippen LogP contribution in [0.4, 0.5) is 5.69 Å². The molecular formula is C19H15Cl5N4O2S. The molecule has 0 saturated heterocycles. The first-order chi connectivity index (χ1) is 14.8. The average molecular weight is 541 g/mol. The smallest absolute Gasteiger partial charge is 0.234 e. The standard InChI is InChI=1S/C19H15Cl5N4O2S/c1-2-28-17(8-30-16-4-3-10(20)5-14(16)24)26-27-19(28)31-9-18(29)25-15-7-12(22)11(21)6-13(15)23/h3-7H,2,8-9H2,1H3,(H,25,29). The molecule has 0 aliphatic heterocycles. The van der Waals surface area contributed by atoms with E-state index in [2.05, 4.69) is 15.5 Å². The van der Waals surface area contributed by atoms with Gasteiger partial charge in [-0.05, 0) is 37.3 Å². The number of carbonyl (C=O) groups is 1. The van der Waals surface area contributed by atoms with E-state index in [0.29, 0.717) is 54.1 Å². The summed E-state index contributed by atoms with van der Waals surface area (Å²) in [5, 5.41) is 13.4. The Kier molecular flexibility index (Phi) is 8.61. The van der Waals surface area contributed by atoms with Gasteiger partial charge in [0.05, 0.1) is 31.5 Å². The molecule has 1 heterocycles. The number of aromatic nitrogens is 3. The van der Waals surface area contributed by atoms with Crippen LogP contribution in [0.15, 0.2) is 35.5 Å².